The van der Waals surface area contributed by atoms with Gasteiger partial charge in [0.25, 0.3) is 0 Å². The summed E-state index contributed by atoms with van der Waals surface area (Å²) in [5.41, 5.74) is 1.68. The highest BCUT2D eigenvalue weighted by atomic mass is 16.5. The summed E-state index contributed by atoms with van der Waals surface area (Å²) in [6.07, 6.45) is 0.839. The van der Waals surface area contributed by atoms with Gasteiger partial charge in [0.2, 0.25) is 11.8 Å². The molecule has 0 radical (unpaired) electrons. The standard InChI is InChI=1S/C16H22N2O3/c1-5-10(2)15-16(20)18(9-14(19)17-15)12-6-7-13(21-4)11(3)8-12/h6-8,10,15H,5,9H2,1-4H3,(H,17,19). The normalized spacial score (nSPS) is 20.2. The van der Waals surface area contributed by atoms with Crippen LogP contribution in [0.4, 0.5) is 5.69 Å². The van der Waals surface area contributed by atoms with Crippen molar-refractivity contribution >= 4 is 17.5 Å². The third-order valence-corrected chi connectivity index (χ3v) is 4.05. The van der Waals surface area contributed by atoms with Crippen molar-refractivity contribution in [2.24, 2.45) is 5.92 Å². The molecule has 2 atom stereocenters. The molecule has 0 saturated carbocycles. The SMILES string of the molecule is CCC(C)C1NC(=O)CN(c2ccc(OC)c(C)c2)C1=O. The second-order valence-electron chi connectivity index (χ2n) is 5.51. The van der Waals surface area contributed by atoms with E-state index in [1.807, 2.05) is 39.0 Å². The molecular formula is C16H22N2O3. The van der Waals surface area contributed by atoms with Crippen molar-refractivity contribution in [2.75, 3.05) is 18.6 Å². The van der Waals surface area contributed by atoms with Crippen LogP contribution in [0.25, 0.3) is 0 Å². The summed E-state index contributed by atoms with van der Waals surface area (Å²) in [6.45, 7) is 5.98. The molecule has 1 aromatic carbocycles. The number of nitrogens with zero attached hydrogens (tertiary/aromatic N) is 1. The highest BCUT2D eigenvalue weighted by Gasteiger charge is 2.36. The molecule has 1 aliphatic rings. The average molecular weight is 290 g/mol. The van der Waals surface area contributed by atoms with Gasteiger partial charge in [-0.05, 0) is 36.6 Å². The Bertz CT molecular complexity index is 556. The first-order valence-electron chi connectivity index (χ1n) is 7.23. The molecule has 0 spiro atoms. The molecule has 2 rings (SSSR count). The number of methoxy groups -OCH3 is 1. The molecule has 0 aliphatic carbocycles. The summed E-state index contributed by atoms with van der Waals surface area (Å²) >= 11 is 0. The van der Waals surface area contributed by atoms with Gasteiger partial charge in [0.15, 0.2) is 0 Å². The minimum absolute atomic E-state index is 0.0477. The molecule has 5 heteroatoms. The highest BCUT2D eigenvalue weighted by Crippen LogP contribution is 2.26. The molecule has 21 heavy (non-hydrogen) atoms. The van der Waals surface area contributed by atoms with Gasteiger partial charge in [-0.2, -0.15) is 0 Å². The molecule has 1 N–H and O–H groups in total. The van der Waals surface area contributed by atoms with Crippen LogP contribution in [0.5, 0.6) is 5.75 Å². The van der Waals surface area contributed by atoms with Crippen LogP contribution in [-0.4, -0.2) is 31.5 Å². The number of rotatable bonds is 4. The molecule has 1 aliphatic heterocycles. The Labute approximate surface area is 125 Å². The molecule has 1 fully saturated rings. The number of amides is 2. The third kappa shape index (κ3) is 3.01. The molecule has 5 nitrogen and oxygen atoms in total. The number of aryl methyl sites for hydroxylation is 1. The fourth-order valence-corrected chi connectivity index (χ4v) is 2.54. The second-order valence-corrected chi connectivity index (χ2v) is 5.51. The van der Waals surface area contributed by atoms with E-state index in [1.165, 1.54) is 0 Å². The third-order valence-electron chi connectivity index (χ3n) is 4.05. The van der Waals surface area contributed by atoms with Crippen molar-refractivity contribution < 1.29 is 14.3 Å². The number of carbonyl (C=O) groups excluding carboxylic acids is 2. The maximum absolute atomic E-state index is 12.6. The van der Waals surface area contributed by atoms with Gasteiger partial charge >= 0.3 is 0 Å². The monoisotopic (exact) mass is 290 g/mol. The number of hydrogen-bond donors (Lipinski definition) is 1. The van der Waals surface area contributed by atoms with E-state index in [-0.39, 0.29) is 24.3 Å². The largest absolute Gasteiger partial charge is 0.496 e. The Hall–Kier alpha value is -2.04. The van der Waals surface area contributed by atoms with Gasteiger partial charge in [0.05, 0.1) is 7.11 Å². The Balaban J connectivity index is 2.31. The summed E-state index contributed by atoms with van der Waals surface area (Å²) in [5, 5.41) is 2.80. The lowest BCUT2D eigenvalue weighted by Crippen LogP contribution is -2.60. The van der Waals surface area contributed by atoms with Gasteiger partial charge in [-0.15, -0.1) is 0 Å². The van der Waals surface area contributed by atoms with Crippen molar-refractivity contribution in [1.82, 2.24) is 5.32 Å². The molecule has 1 saturated heterocycles. The summed E-state index contributed by atoms with van der Waals surface area (Å²) in [4.78, 5) is 26.1. The van der Waals surface area contributed by atoms with E-state index >= 15 is 0 Å². The number of carbonyl (C=O) groups is 2. The molecule has 1 aromatic rings. The summed E-state index contributed by atoms with van der Waals surface area (Å²) < 4.78 is 5.23. The van der Waals surface area contributed by atoms with Crippen molar-refractivity contribution in [1.29, 1.82) is 0 Å². The lowest BCUT2D eigenvalue weighted by atomic mass is 9.96. The summed E-state index contributed by atoms with van der Waals surface area (Å²) in [6, 6.07) is 5.07. The van der Waals surface area contributed by atoms with Crippen molar-refractivity contribution in [2.45, 2.75) is 33.2 Å². The van der Waals surface area contributed by atoms with Gasteiger partial charge in [-0.1, -0.05) is 20.3 Å². The van der Waals surface area contributed by atoms with E-state index in [9.17, 15) is 9.59 Å². The van der Waals surface area contributed by atoms with Crippen LogP contribution in [0.2, 0.25) is 0 Å². The van der Waals surface area contributed by atoms with Crippen LogP contribution >= 0.6 is 0 Å². The van der Waals surface area contributed by atoms with Crippen LogP contribution in [-0.2, 0) is 9.59 Å². The number of nitrogens with one attached hydrogen (secondary N) is 1. The highest BCUT2D eigenvalue weighted by molar-refractivity contribution is 6.06. The smallest absolute Gasteiger partial charge is 0.250 e. The zero-order valence-electron chi connectivity index (χ0n) is 13.0. The Kier molecular flexibility index (Phi) is 4.50. The zero-order chi connectivity index (χ0) is 15.6. The minimum atomic E-state index is -0.446. The zero-order valence-corrected chi connectivity index (χ0v) is 13.0. The minimum Gasteiger partial charge on any atom is -0.496 e. The van der Waals surface area contributed by atoms with E-state index in [2.05, 4.69) is 5.32 Å². The Morgan fingerprint density at radius 2 is 2.14 bits per heavy atom. The van der Waals surface area contributed by atoms with Gasteiger partial charge in [-0.25, -0.2) is 0 Å². The first kappa shape index (κ1) is 15.4. The van der Waals surface area contributed by atoms with Crippen LogP contribution < -0.4 is 15.0 Å². The Morgan fingerprint density at radius 3 is 2.71 bits per heavy atom. The maximum Gasteiger partial charge on any atom is 0.250 e. The topological polar surface area (TPSA) is 58.6 Å². The summed E-state index contributed by atoms with van der Waals surface area (Å²) in [7, 11) is 1.61. The maximum atomic E-state index is 12.6. The van der Waals surface area contributed by atoms with Crippen molar-refractivity contribution in [3.63, 3.8) is 0 Å². The van der Waals surface area contributed by atoms with Crippen LogP contribution in [0, 0.1) is 12.8 Å². The number of piperazine rings is 1. The van der Waals surface area contributed by atoms with Gasteiger partial charge < -0.3 is 15.0 Å². The van der Waals surface area contributed by atoms with E-state index in [1.54, 1.807) is 12.0 Å². The first-order chi connectivity index (χ1) is 9.97. The van der Waals surface area contributed by atoms with Gasteiger partial charge in [0, 0.05) is 5.69 Å². The number of hydrogen-bond acceptors (Lipinski definition) is 3. The molecule has 114 valence electrons. The average Bonchev–Trinajstić information content (AvgIpc) is 2.48. The molecule has 0 bridgehead atoms. The Morgan fingerprint density at radius 1 is 1.43 bits per heavy atom. The number of anilines is 1. The van der Waals surface area contributed by atoms with Crippen molar-refractivity contribution in [3.8, 4) is 5.75 Å². The van der Waals surface area contributed by atoms with Crippen molar-refractivity contribution in [3.05, 3.63) is 23.8 Å². The quantitative estimate of drug-likeness (QED) is 0.921. The van der Waals surface area contributed by atoms with Gasteiger partial charge in [-0.3, -0.25) is 9.59 Å². The van der Waals surface area contributed by atoms with E-state index < -0.39 is 6.04 Å². The van der Waals surface area contributed by atoms with E-state index in [4.69, 9.17) is 4.74 Å². The predicted octanol–water partition coefficient (Wildman–Crippen LogP) is 1.88. The number of benzene rings is 1. The lowest BCUT2D eigenvalue weighted by Gasteiger charge is -2.35. The molecule has 2 unspecified atom stereocenters. The molecule has 0 aromatic heterocycles. The molecular weight excluding hydrogens is 268 g/mol. The van der Waals surface area contributed by atoms with Gasteiger partial charge in [0.1, 0.15) is 18.3 Å². The fraction of sp³-hybridized carbons (Fsp3) is 0.500. The van der Waals surface area contributed by atoms with Crippen LogP contribution in [0.3, 0.4) is 0 Å². The predicted molar refractivity (Wildman–Crippen MR) is 81.5 cm³/mol. The van der Waals surface area contributed by atoms with E-state index in [0.717, 1.165) is 23.4 Å². The summed E-state index contributed by atoms with van der Waals surface area (Å²) in [5.74, 6) is 0.719. The van der Waals surface area contributed by atoms with Crippen LogP contribution in [0.15, 0.2) is 18.2 Å². The molecule has 2 amide bonds. The van der Waals surface area contributed by atoms with E-state index in [0.29, 0.717) is 0 Å². The first-order valence-corrected chi connectivity index (χ1v) is 7.23. The van der Waals surface area contributed by atoms with Crippen LogP contribution in [0.1, 0.15) is 25.8 Å². The molecule has 1 heterocycles. The second kappa shape index (κ2) is 6.16. The lowest BCUT2D eigenvalue weighted by molar-refractivity contribution is -0.132. The fourth-order valence-electron chi connectivity index (χ4n) is 2.54. The number of ether oxygens (including phenoxy) is 1.